The van der Waals surface area contributed by atoms with Crippen LogP contribution in [-0.2, 0) is 6.54 Å². The standard InChI is InChI=1S/C13H17NO2S/c1-2-8-17-9-7-14-10-11-5-3-4-6-12(11)13(15)16/h2-6,14H,1,7-10H2,(H,15,16). The minimum Gasteiger partial charge on any atom is -0.478 e. The molecule has 3 nitrogen and oxygen atoms in total. The number of aromatic carboxylic acids is 1. The highest BCUT2D eigenvalue weighted by Crippen LogP contribution is 2.08. The molecule has 0 aliphatic carbocycles. The molecule has 0 heterocycles. The topological polar surface area (TPSA) is 49.3 Å². The zero-order valence-corrected chi connectivity index (χ0v) is 10.5. The second kappa shape index (κ2) is 7.92. The minimum atomic E-state index is -0.872. The van der Waals surface area contributed by atoms with E-state index in [0.29, 0.717) is 12.1 Å². The Morgan fingerprint density at radius 3 is 2.94 bits per heavy atom. The summed E-state index contributed by atoms with van der Waals surface area (Å²) in [6, 6.07) is 7.07. The van der Waals surface area contributed by atoms with E-state index in [1.54, 1.807) is 23.9 Å². The van der Waals surface area contributed by atoms with Crippen LogP contribution in [0.4, 0.5) is 0 Å². The van der Waals surface area contributed by atoms with Gasteiger partial charge in [0.2, 0.25) is 0 Å². The molecule has 1 rings (SSSR count). The molecule has 0 aliphatic rings. The van der Waals surface area contributed by atoms with Crippen LogP contribution in [0.3, 0.4) is 0 Å². The number of benzene rings is 1. The maximum absolute atomic E-state index is 11.0. The summed E-state index contributed by atoms with van der Waals surface area (Å²) in [5, 5.41) is 12.2. The van der Waals surface area contributed by atoms with Crippen molar-refractivity contribution in [3.05, 3.63) is 48.0 Å². The van der Waals surface area contributed by atoms with Crippen LogP contribution in [0.5, 0.6) is 0 Å². The molecule has 92 valence electrons. The van der Waals surface area contributed by atoms with Gasteiger partial charge in [-0.1, -0.05) is 24.3 Å². The first-order valence-corrected chi connectivity index (χ1v) is 6.61. The third-order valence-electron chi connectivity index (χ3n) is 2.22. The minimum absolute atomic E-state index is 0.374. The summed E-state index contributed by atoms with van der Waals surface area (Å²) >= 11 is 1.80. The van der Waals surface area contributed by atoms with E-state index in [0.717, 1.165) is 23.6 Å². The quantitative estimate of drug-likeness (QED) is 0.550. The van der Waals surface area contributed by atoms with Crippen molar-refractivity contribution in [3.8, 4) is 0 Å². The van der Waals surface area contributed by atoms with Gasteiger partial charge >= 0.3 is 5.97 Å². The molecule has 0 aromatic heterocycles. The van der Waals surface area contributed by atoms with Crippen molar-refractivity contribution in [1.29, 1.82) is 0 Å². The molecule has 0 fully saturated rings. The molecule has 0 amide bonds. The van der Waals surface area contributed by atoms with Crippen molar-refractivity contribution in [3.63, 3.8) is 0 Å². The van der Waals surface area contributed by atoms with Gasteiger partial charge in [0, 0.05) is 24.6 Å². The monoisotopic (exact) mass is 251 g/mol. The van der Waals surface area contributed by atoms with E-state index in [-0.39, 0.29) is 0 Å². The van der Waals surface area contributed by atoms with Crippen LogP contribution in [0, 0.1) is 0 Å². The van der Waals surface area contributed by atoms with Gasteiger partial charge in [-0.05, 0) is 11.6 Å². The van der Waals surface area contributed by atoms with E-state index in [2.05, 4.69) is 11.9 Å². The lowest BCUT2D eigenvalue weighted by atomic mass is 10.1. The van der Waals surface area contributed by atoms with Gasteiger partial charge in [-0.25, -0.2) is 4.79 Å². The normalized spacial score (nSPS) is 10.1. The van der Waals surface area contributed by atoms with E-state index >= 15 is 0 Å². The van der Waals surface area contributed by atoms with Crippen LogP contribution in [0.25, 0.3) is 0 Å². The molecule has 1 aromatic carbocycles. The predicted octanol–water partition coefficient (Wildman–Crippen LogP) is 2.39. The molecule has 2 N–H and O–H groups in total. The van der Waals surface area contributed by atoms with Crippen LogP contribution in [0.15, 0.2) is 36.9 Å². The Morgan fingerprint density at radius 1 is 1.47 bits per heavy atom. The van der Waals surface area contributed by atoms with E-state index in [1.165, 1.54) is 0 Å². The van der Waals surface area contributed by atoms with Crippen LogP contribution >= 0.6 is 11.8 Å². The number of thioether (sulfide) groups is 1. The van der Waals surface area contributed by atoms with Crippen LogP contribution in [-0.4, -0.2) is 29.1 Å². The highest BCUT2D eigenvalue weighted by molar-refractivity contribution is 7.99. The van der Waals surface area contributed by atoms with Gasteiger partial charge in [-0.2, -0.15) is 11.8 Å². The third-order valence-corrected chi connectivity index (χ3v) is 3.19. The summed E-state index contributed by atoms with van der Waals surface area (Å²) in [6.07, 6.45) is 1.88. The molecular weight excluding hydrogens is 234 g/mol. The maximum Gasteiger partial charge on any atom is 0.336 e. The first-order chi connectivity index (χ1) is 8.25. The van der Waals surface area contributed by atoms with Crippen LogP contribution in [0.1, 0.15) is 15.9 Å². The zero-order chi connectivity index (χ0) is 12.5. The van der Waals surface area contributed by atoms with Crippen molar-refractivity contribution >= 4 is 17.7 Å². The first kappa shape index (κ1) is 13.8. The second-order valence-corrected chi connectivity index (χ2v) is 4.65. The van der Waals surface area contributed by atoms with Crippen LogP contribution < -0.4 is 5.32 Å². The SMILES string of the molecule is C=CCSCCNCc1ccccc1C(=O)O. The zero-order valence-electron chi connectivity index (χ0n) is 9.69. The average molecular weight is 251 g/mol. The lowest BCUT2D eigenvalue weighted by Gasteiger charge is -2.07. The lowest BCUT2D eigenvalue weighted by Crippen LogP contribution is -2.18. The Balaban J connectivity index is 2.36. The number of hydrogen-bond donors (Lipinski definition) is 2. The molecule has 0 spiro atoms. The Morgan fingerprint density at radius 2 is 2.24 bits per heavy atom. The number of carboxylic acid groups (broad SMARTS) is 1. The molecule has 1 aromatic rings. The smallest absolute Gasteiger partial charge is 0.336 e. The lowest BCUT2D eigenvalue weighted by molar-refractivity contribution is 0.0695. The van der Waals surface area contributed by atoms with Crippen molar-refractivity contribution in [2.45, 2.75) is 6.54 Å². The molecular formula is C13H17NO2S. The van der Waals surface area contributed by atoms with E-state index in [1.807, 2.05) is 18.2 Å². The van der Waals surface area contributed by atoms with Crippen LogP contribution in [0.2, 0.25) is 0 Å². The first-order valence-electron chi connectivity index (χ1n) is 5.46. The molecule has 4 heteroatoms. The molecule has 17 heavy (non-hydrogen) atoms. The summed E-state index contributed by atoms with van der Waals surface area (Å²) in [5.74, 6) is 1.08. The fourth-order valence-corrected chi connectivity index (χ4v) is 2.04. The molecule has 0 unspecified atom stereocenters. The number of nitrogens with one attached hydrogen (secondary N) is 1. The summed E-state index contributed by atoms with van der Waals surface area (Å²) in [6.45, 7) is 5.11. The van der Waals surface area contributed by atoms with Gasteiger partial charge in [0.25, 0.3) is 0 Å². The largest absolute Gasteiger partial charge is 0.478 e. The van der Waals surface area contributed by atoms with Gasteiger partial charge in [0.1, 0.15) is 0 Å². The Kier molecular flexibility index (Phi) is 6.43. The van der Waals surface area contributed by atoms with Gasteiger partial charge in [0.05, 0.1) is 5.56 Å². The van der Waals surface area contributed by atoms with Gasteiger partial charge in [-0.3, -0.25) is 0 Å². The molecule has 0 atom stereocenters. The Hall–Kier alpha value is -1.26. The van der Waals surface area contributed by atoms with E-state index < -0.39 is 5.97 Å². The number of carboxylic acids is 1. The molecule has 0 saturated carbocycles. The highest BCUT2D eigenvalue weighted by Gasteiger charge is 2.07. The average Bonchev–Trinajstić information content (AvgIpc) is 2.34. The summed E-state index contributed by atoms with van der Waals surface area (Å²) < 4.78 is 0. The van der Waals surface area contributed by atoms with Gasteiger partial charge in [-0.15, -0.1) is 6.58 Å². The molecule has 0 bridgehead atoms. The Bertz CT molecular complexity index is 379. The summed E-state index contributed by atoms with van der Waals surface area (Å²) in [5.41, 5.74) is 1.20. The fraction of sp³-hybridized carbons (Fsp3) is 0.308. The van der Waals surface area contributed by atoms with Crippen molar-refractivity contribution in [1.82, 2.24) is 5.32 Å². The van der Waals surface area contributed by atoms with Crippen molar-refractivity contribution < 1.29 is 9.90 Å². The second-order valence-electron chi connectivity index (χ2n) is 3.50. The molecule has 0 radical (unpaired) electrons. The van der Waals surface area contributed by atoms with E-state index in [4.69, 9.17) is 5.11 Å². The van der Waals surface area contributed by atoms with Gasteiger partial charge in [0.15, 0.2) is 0 Å². The van der Waals surface area contributed by atoms with Crippen molar-refractivity contribution in [2.75, 3.05) is 18.1 Å². The van der Waals surface area contributed by atoms with Gasteiger partial charge < -0.3 is 10.4 Å². The number of rotatable bonds is 8. The van der Waals surface area contributed by atoms with E-state index in [9.17, 15) is 4.79 Å². The highest BCUT2D eigenvalue weighted by atomic mass is 32.2. The molecule has 0 saturated heterocycles. The third kappa shape index (κ3) is 5.06. The predicted molar refractivity (Wildman–Crippen MR) is 72.6 cm³/mol. The number of carbonyl (C=O) groups is 1. The molecule has 0 aliphatic heterocycles. The number of hydrogen-bond acceptors (Lipinski definition) is 3. The Labute approximate surface area is 106 Å². The summed E-state index contributed by atoms with van der Waals surface area (Å²) in [4.78, 5) is 11.0. The van der Waals surface area contributed by atoms with Crippen molar-refractivity contribution in [2.24, 2.45) is 0 Å². The summed E-state index contributed by atoms with van der Waals surface area (Å²) in [7, 11) is 0. The fourth-order valence-electron chi connectivity index (χ4n) is 1.42. The maximum atomic E-state index is 11.0.